The number of anilines is 1. The number of rotatable bonds is 3. The minimum absolute atomic E-state index is 0.0140. The highest BCUT2D eigenvalue weighted by atomic mass is 15.2. The van der Waals surface area contributed by atoms with Gasteiger partial charge in [0.15, 0.2) is 0 Å². The largest absolute Gasteiger partial charge is 0.362 e. The molecule has 2 atom stereocenters. The lowest BCUT2D eigenvalue weighted by Gasteiger charge is -2.40. The van der Waals surface area contributed by atoms with Crippen LogP contribution in [0.5, 0.6) is 0 Å². The van der Waals surface area contributed by atoms with Crippen LogP contribution in [0.3, 0.4) is 0 Å². The Balaban J connectivity index is 2.13. The third-order valence-electron chi connectivity index (χ3n) is 3.67. The van der Waals surface area contributed by atoms with Gasteiger partial charge in [-0.1, -0.05) is 19.8 Å². The molecule has 4 heteroatoms. The van der Waals surface area contributed by atoms with Crippen molar-refractivity contribution in [1.29, 1.82) is 0 Å². The van der Waals surface area contributed by atoms with Gasteiger partial charge in [-0.05, 0) is 37.3 Å². The van der Waals surface area contributed by atoms with Gasteiger partial charge < -0.3 is 11.1 Å². The number of hydrogen-bond acceptors (Lipinski definition) is 4. The molecule has 0 aromatic carbocycles. The zero-order valence-corrected chi connectivity index (χ0v) is 10.7. The summed E-state index contributed by atoms with van der Waals surface area (Å²) in [5.41, 5.74) is 7.11. The van der Waals surface area contributed by atoms with E-state index < -0.39 is 0 Å². The lowest BCUT2D eigenvalue weighted by atomic mass is 9.76. The summed E-state index contributed by atoms with van der Waals surface area (Å²) in [7, 11) is 0. The standard InChI is InChI=1S/C13H22N4/c1-10-4-3-5-13(7-10,9-14)16-12-6-11(2)8-15-17-12/h6,8,10H,3-5,7,9,14H2,1-2H3,(H,16,17). The topological polar surface area (TPSA) is 63.8 Å². The van der Waals surface area contributed by atoms with Crippen LogP contribution >= 0.6 is 0 Å². The second-order valence-corrected chi connectivity index (χ2v) is 5.43. The number of nitrogens with zero attached hydrogens (tertiary/aromatic N) is 2. The van der Waals surface area contributed by atoms with Crippen molar-refractivity contribution >= 4 is 5.82 Å². The highest BCUT2D eigenvalue weighted by molar-refractivity contribution is 5.39. The Morgan fingerprint density at radius 3 is 3.06 bits per heavy atom. The van der Waals surface area contributed by atoms with E-state index in [2.05, 4.69) is 22.4 Å². The Morgan fingerprint density at radius 2 is 2.41 bits per heavy atom. The van der Waals surface area contributed by atoms with Crippen LogP contribution in [0.4, 0.5) is 5.82 Å². The molecule has 94 valence electrons. The number of aryl methyl sites for hydroxylation is 1. The molecule has 1 fully saturated rings. The van der Waals surface area contributed by atoms with Crippen LogP contribution < -0.4 is 11.1 Å². The maximum atomic E-state index is 5.98. The zero-order valence-electron chi connectivity index (χ0n) is 10.7. The van der Waals surface area contributed by atoms with Gasteiger partial charge in [-0.25, -0.2) is 0 Å². The van der Waals surface area contributed by atoms with Gasteiger partial charge in [-0.15, -0.1) is 5.10 Å². The van der Waals surface area contributed by atoms with E-state index in [0.717, 1.165) is 30.1 Å². The first-order valence-electron chi connectivity index (χ1n) is 6.41. The minimum Gasteiger partial charge on any atom is -0.362 e. The molecule has 1 aromatic heterocycles. The summed E-state index contributed by atoms with van der Waals surface area (Å²) < 4.78 is 0. The second-order valence-electron chi connectivity index (χ2n) is 5.43. The average Bonchev–Trinajstić information content (AvgIpc) is 2.29. The van der Waals surface area contributed by atoms with Gasteiger partial charge >= 0.3 is 0 Å². The van der Waals surface area contributed by atoms with Crippen molar-refractivity contribution < 1.29 is 0 Å². The van der Waals surface area contributed by atoms with Crippen molar-refractivity contribution in [2.45, 2.75) is 45.1 Å². The van der Waals surface area contributed by atoms with E-state index in [9.17, 15) is 0 Å². The van der Waals surface area contributed by atoms with E-state index in [1.807, 2.05) is 13.0 Å². The molecule has 2 rings (SSSR count). The highest BCUT2D eigenvalue weighted by Gasteiger charge is 2.33. The first-order chi connectivity index (χ1) is 8.13. The van der Waals surface area contributed by atoms with Gasteiger partial charge in [0.1, 0.15) is 5.82 Å². The summed E-state index contributed by atoms with van der Waals surface area (Å²) in [6.45, 7) is 4.98. The fourth-order valence-electron chi connectivity index (χ4n) is 2.81. The Hall–Kier alpha value is -1.16. The van der Waals surface area contributed by atoms with Gasteiger partial charge in [0.05, 0.1) is 11.7 Å². The molecule has 0 aliphatic heterocycles. The van der Waals surface area contributed by atoms with Crippen LogP contribution in [0.15, 0.2) is 12.3 Å². The lowest BCUT2D eigenvalue weighted by molar-refractivity contribution is 0.263. The summed E-state index contributed by atoms with van der Waals surface area (Å²) in [5.74, 6) is 1.59. The molecule has 0 amide bonds. The van der Waals surface area contributed by atoms with Crippen molar-refractivity contribution in [2.75, 3.05) is 11.9 Å². The molecule has 1 aromatic rings. The Morgan fingerprint density at radius 1 is 1.59 bits per heavy atom. The quantitative estimate of drug-likeness (QED) is 0.840. The third-order valence-corrected chi connectivity index (χ3v) is 3.67. The minimum atomic E-state index is 0.0140. The SMILES string of the molecule is Cc1cnnc(NC2(CN)CCCC(C)C2)c1. The van der Waals surface area contributed by atoms with Gasteiger partial charge in [0.2, 0.25) is 0 Å². The van der Waals surface area contributed by atoms with Crippen LogP contribution in [0, 0.1) is 12.8 Å². The smallest absolute Gasteiger partial charge is 0.149 e. The molecule has 2 unspecified atom stereocenters. The molecule has 17 heavy (non-hydrogen) atoms. The van der Waals surface area contributed by atoms with E-state index >= 15 is 0 Å². The number of aromatic nitrogens is 2. The van der Waals surface area contributed by atoms with Gasteiger partial charge in [0.25, 0.3) is 0 Å². The highest BCUT2D eigenvalue weighted by Crippen LogP contribution is 2.33. The normalized spacial score (nSPS) is 29.0. The van der Waals surface area contributed by atoms with Gasteiger partial charge in [-0.3, -0.25) is 0 Å². The van der Waals surface area contributed by atoms with E-state index in [1.165, 1.54) is 12.8 Å². The third kappa shape index (κ3) is 2.94. The first kappa shape index (κ1) is 12.3. The van der Waals surface area contributed by atoms with Gasteiger partial charge in [0, 0.05) is 6.54 Å². The van der Waals surface area contributed by atoms with Crippen molar-refractivity contribution in [3.05, 3.63) is 17.8 Å². The fraction of sp³-hybridized carbons (Fsp3) is 0.692. The average molecular weight is 234 g/mol. The van der Waals surface area contributed by atoms with Crippen molar-refractivity contribution in [2.24, 2.45) is 11.7 Å². The van der Waals surface area contributed by atoms with Crippen molar-refractivity contribution in [3.63, 3.8) is 0 Å². The first-order valence-corrected chi connectivity index (χ1v) is 6.41. The second kappa shape index (κ2) is 5.00. The molecule has 1 aliphatic rings. The van der Waals surface area contributed by atoms with E-state index in [-0.39, 0.29) is 5.54 Å². The maximum Gasteiger partial charge on any atom is 0.149 e. The van der Waals surface area contributed by atoms with Crippen LogP contribution in [0.25, 0.3) is 0 Å². The molecule has 3 N–H and O–H groups in total. The van der Waals surface area contributed by atoms with Gasteiger partial charge in [-0.2, -0.15) is 5.10 Å². The van der Waals surface area contributed by atoms with Crippen molar-refractivity contribution in [1.82, 2.24) is 10.2 Å². The summed E-state index contributed by atoms with van der Waals surface area (Å²) >= 11 is 0. The number of nitrogens with one attached hydrogen (secondary N) is 1. The maximum absolute atomic E-state index is 5.98. The Labute approximate surface area is 103 Å². The van der Waals surface area contributed by atoms with E-state index in [4.69, 9.17) is 5.73 Å². The van der Waals surface area contributed by atoms with Crippen LogP contribution in [-0.2, 0) is 0 Å². The molecule has 0 bridgehead atoms. The monoisotopic (exact) mass is 234 g/mol. The molecule has 1 aliphatic carbocycles. The molecule has 1 saturated carbocycles. The molecule has 0 radical (unpaired) electrons. The molecular formula is C13H22N4. The Bertz CT molecular complexity index is 379. The van der Waals surface area contributed by atoms with E-state index in [1.54, 1.807) is 6.20 Å². The summed E-state index contributed by atoms with van der Waals surface area (Å²) in [4.78, 5) is 0. The van der Waals surface area contributed by atoms with E-state index in [0.29, 0.717) is 6.54 Å². The predicted molar refractivity (Wildman–Crippen MR) is 69.8 cm³/mol. The summed E-state index contributed by atoms with van der Waals surface area (Å²) in [6.07, 6.45) is 6.57. The van der Waals surface area contributed by atoms with Crippen LogP contribution in [-0.4, -0.2) is 22.3 Å². The fourth-order valence-corrected chi connectivity index (χ4v) is 2.81. The Kier molecular flexibility index (Phi) is 3.62. The summed E-state index contributed by atoms with van der Waals surface area (Å²) in [5, 5.41) is 11.6. The summed E-state index contributed by atoms with van der Waals surface area (Å²) in [6, 6.07) is 2.03. The lowest BCUT2D eigenvalue weighted by Crippen LogP contribution is -2.49. The molecular weight excluding hydrogens is 212 g/mol. The molecule has 0 spiro atoms. The predicted octanol–water partition coefficient (Wildman–Crippen LogP) is 2.10. The molecule has 1 heterocycles. The zero-order chi connectivity index (χ0) is 12.3. The van der Waals surface area contributed by atoms with Crippen LogP contribution in [0.2, 0.25) is 0 Å². The van der Waals surface area contributed by atoms with Crippen LogP contribution in [0.1, 0.15) is 38.2 Å². The number of hydrogen-bond donors (Lipinski definition) is 2. The number of nitrogens with two attached hydrogens (primary N) is 1. The molecule has 0 saturated heterocycles. The molecule has 4 nitrogen and oxygen atoms in total. The van der Waals surface area contributed by atoms with Crippen molar-refractivity contribution in [3.8, 4) is 0 Å².